The molecule has 0 fully saturated rings. The fourth-order valence-corrected chi connectivity index (χ4v) is 2.74. The number of rotatable bonds is 3. The molecule has 0 aliphatic carbocycles. The number of carbonyl (C=O) groups excluding carboxylic acids is 1. The smallest absolute Gasteiger partial charge is 0.217 e. The van der Waals surface area contributed by atoms with Crippen LogP contribution < -0.4 is 4.90 Å². The Balaban J connectivity index is 1.83. The molecular weight excluding hydrogens is 238 g/mol. The lowest BCUT2D eigenvalue weighted by Crippen LogP contribution is -2.38. The molecule has 0 amide bonds. The molecule has 98 valence electrons. The van der Waals surface area contributed by atoms with Crippen LogP contribution in [-0.4, -0.2) is 18.9 Å². The number of nitrogens with zero attached hydrogens (tertiary/aromatic N) is 1. The Bertz CT molecular complexity index is 574. The normalized spacial score (nSPS) is 18.2. The molecule has 0 bridgehead atoms. The van der Waals surface area contributed by atoms with Crippen molar-refractivity contribution in [3.8, 4) is 0 Å². The maximum Gasteiger partial charge on any atom is 0.217 e. The number of hydrogen-bond acceptors (Lipinski definition) is 3. The van der Waals surface area contributed by atoms with Gasteiger partial charge in [-0.05, 0) is 36.1 Å². The lowest BCUT2D eigenvalue weighted by atomic mass is 9.94. The van der Waals surface area contributed by atoms with Crippen molar-refractivity contribution >= 4 is 11.5 Å². The third-order valence-electron chi connectivity index (χ3n) is 3.56. The molecule has 0 spiro atoms. The Morgan fingerprint density at radius 1 is 1.32 bits per heavy atom. The van der Waals surface area contributed by atoms with Crippen molar-refractivity contribution in [3.05, 3.63) is 54.0 Å². The number of fused-ring (bicyclic) bond motifs is 1. The number of ketones is 1. The Morgan fingerprint density at radius 3 is 2.95 bits per heavy atom. The standard InChI is InChI=1S/C16H17NO2/c1-12-9-13-5-2-3-6-14(13)17(10-12)11-15(18)16-7-4-8-19-16/h2-8,12H,9-11H2,1H3. The first-order valence-electron chi connectivity index (χ1n) is 6.63. The molecule has 1 aromatic carbocycles. The maximum atomic E-state index is 12.2. The second kappa shape index (κ2) is 4.92. The zero-order valence-electron chi connectivity index (χ0n) is 11.0. The van der Waals surface area contributed by atoms with Gasteiger partial charge in [0.15, 0.2) is 5.76 Å². The third-order valence-corrected chi connectivity index (χ3v) is 3.56. The number of para-hydroxylation sites is 1. The number of furan rings is 1. The summed E-state index contributed by atoms with van der Waals surface area (Å²) in [6, 6.07) is 11.8. The molecule has 3 rings (SSSR count). The van der Waals surface area contributed by atoms with Gasteiger partial charge in [-0.2, -0.15) is 0 Å². The summed E-state index contributed by atoms with van der Waals surface area (Å²) in [5.41, 5.74) is 2.51. The van der Waals surface area contributed by atoms with Gasteiger partial charge in [0, 0.05) is 12.2 Å². The molecule has 2 heterocycles. The van der Waals surface area contributed by atoms with E-state index in [0.29, 0.717) is 18.2 Å². The van der Waals surface area contributed by atoms with Crippen molar-refractivity contribution < 1.29 is 9.21 Å². The molecular formula is C16H17NO2. The second-order valence-corrected chi connectivity index (χ2v) is 5.22. The summed E-state index contributed by atoms with van der Waals surface area (Å²) in [4.78, 5) is 14.3. The van der Waals surface area contributed by atoms with E-state index in [1.807, 2.05) is 6.07 Å². The predicted molar refractivity (Wildman–Crippen MR) is 74.6 cm³/mol. The van der Waals surface area contributed by atoms with Crippen LogP contribution in [0.3, 0.4) is 0 Å². The lowest BCUT2D eigenvalue weighted by molar-refractivity contribution is 0.0971. The summed E-state index contributed by atoms with van der Waals surface area (Å²) < 4.78 is 5.18. The SMILES string of the molecule is CC1Cc2ccccc2N(CC(=O)c2ccco2)C1. The minimum Gasteiger partial charge on any atom is -0.461 e. The first kappa shape index (κ1) is 12.0. The van der Waals surface area contributed by atoms with E-state index in [1.54, 1.807) is 18.4 Å². The van der Waals surface area contributed by atoms with Gasteiger partial charge in [-0.15, -0.1) is 0 Å². The molecule has 0 saturated carbocycles. The van der Waals surface area contributed by atoms with Crippen molar-refractivity contribution in [2.24, 2.45) is 5.92 Å². The Hall–Kier alpha value is -2.03. The molecule has 1 aliphatic heterocycles. The fourth-order valence-electron chi connectivity index (χ4n) is 2.74. The topological polar surface area (TPSA) is 33.5 Å². The molecule has 1 aromatic heterocycles. The molecule has 0 N–H and O–H groups in total. The maximum absolute atomic E-state index is 12.2. The molecule has 3 nitrogen and oxygen atoms in total. The predicted octanol–water partition coefficient (Wildman–Crippen LogP) is 3.16. The van der Waals surface area contributed by atoms with E-state index in [-0.39, 0.29) is 5.78 Å². The van der Waals surface area contributed by atoms with E-state index in [0.717, 1.165) is 13.0 Å². The molecule has 19 heavy (non-hydrogen) atoms. The van der Waals surface area contributed by atoms with Crippen molar-refractivity contribution in [2.45, 2.75) is 13.3 Å². The number of Topliss-reactive ketones (excluding diaryl/α,β-unsaturated/α-hetero) is 1. The zero-order valence-corrected chi connectivity index (χ0v) is 11.0. The van der Waals surface area contributed by atoms with Crippen LogP contribution in [0.2, 0.25) is 0 Å². The monoisotopic (exact) mass is 255 g/mol. The van der Waals surface area contributed by atoms with Gasteiger partial charge in [-0.1, -0.05) is 25.1 Å². The second-order valence-electron chi connectivity index (χ2n) is 5.22. The average molecular weight is 255 g/mol. The van der Waals surface area contributed by atoms with Crippen LogP contribution in [0.4, 0.5) is 5.69 Å². The molecule has 2 aromatic rings. The van der Waals surface area contributed by atoms with Gasteiger partial charge < -0.3 is 9.32 Å². The van der Waals surface area contributed by atoms with Crippen LogP contribution >= 0.6 is 0 Å². The van der Waals surface area contributed by atoms with E-state index in [9.17, 15) is 4.79 Å². The van der Waals surface area contributed by atoms with Crippen molar-refractivity contribution in [2.75, 3.05) is 18.0 Å². The minimum absolute atomic E-state index is 0.0360. The summed E-state index contributed by atoms with van der Waals surface area (Å²) in [5.74, 6) is 1.05. The quantitative estimate of drug-likeness (QED) is 0.790. The molecule has 1 unspecified atom stereocenters. The average Bonchev–Trinajstić information content (AvgIpc) is 2.92. The first-order chi connectivity index (χ1) is 9.24. The van der Waals surface area contributed by atoms with Crippen LogP contribution in [-0.2, 0) is 6.42 Å². The van der Waals surface area contributed by atoms with Gasteiger partial charge in [0.05, 0.1) is 12.8 Å². The van der Waals surface area contributed by atoms with Crippen molar-refractivity contribution in [1.82, 2.24) is 0 Å². The minimum atomic E-state index is 0.0360. The van der Waals surface area contributed by atoms with E-state index >= 15 is 0 Å². The molecule has 3 heteroatoms. The fraction of sp³-hybridized carbons (Fsp3) is 0.312. The van der Waals surface area contributed by atoms with E-state index < -0.39 is 0 Å². The van der Waals surface area contributed by atoms with E-state index in [4.69, 9.17) is 4.42 Å². The van der Waals surface area contributed by atoms with Gasteiger partial charge in [0.25, 0.3) is 0 Å². The Labute approximate surface area is 112 Å². The largest absolute Gasteiger partial charge is 0.461 e. The number of benzene rings is 1. The van der Waals surface area contributed by atoms with Crippen molar-refractivity contribution in [1.29, 1.82) is 0 Å². The molecule has 1 aliphatic rings. The molecule has 0 saturated heterocycles. The highest BCUT2D eigenvalue weighted by Crippen LogP contribution is 2.29. The Morgan fingerprint density at radius 2 is 2.16 bits per heavy atom. The van der Waals surface area contributed by atoms with Gasteiger partial charge >= 0.3 is 0 Å². The van der Waals surface area contributed by atoms with Crippen LogP contribution in [0.5, 0.6) is 0 Å². The van der Waals surface area contributed by atoms with Crippen LogP contribution in [0.15, 0.2) is 47.1 Å². The summed E-state index contributed by atoms with van der Waals surface area (Å²) in [6.07, 6.45) is 2.63. The highest BCUT2D eigenvalue weighted by atomic mass is 16.3. The summed E-state index contributed by atoms with van der Waals surface area (Å²) in [6.45, 7) is 3.53. The van der Waals surface area contributed by atoms with E-state index in [1.165, 1.54) is 11.3 Å². The summed E-state index contributed by atoms with van der Waals surface area (Å²) >= 11 is 0. The lowest BCUT2D eigenvalue weighted by Gasteiger charge is -2.34. The molecule has 0 radical (unpaired) electrons. The van der Waals surface area contributed by atoms with Gasteiger partial charge in [0.2, 0.25) is 5.78 Å². The zero-order chi connectivity index (χ0) is 13.2. The molecule has 1 atom stereocenters. The van der Waals surface area contributed by atoms with Crippen LogP contribution in [0.25, 0.3) is 0 Å². The van der Waals surface area contributed by atoms with E-state index in [2.05, 4.69) is 30.0 Å². The highest BCUT2D eigenvalue weighted by molar-refractivity contribution is 5.97. The van der Waals surface area contributed by atoms with Crippen LogP contribution in [0, 0.1) is 5.92 Å². The third kappa shape index (κ3) is 2.41. The summed E-state index contributed by atoms with van der Waals surface area (Å²) in [5, 5.41) is 0. The van der Waals surface area contributed by atoms with Gasteiger partial charge in [0.1, 0.15) is 0 Å². The van der Waals surface area contributed by atoms with Gasteiger partial charge in [-0.3, -0.25) is 4.79 Å². The van der Waals surface area contributed by atoms with Gasteiger partial charge in [-0.25, -0.2) is 0 Å². The number of anilines is 1. The Kier molecular flexibility index (Phi) is 3.11. The number of hydrogen-bond donors (Lipinski definition) is 0. The first-order valence-corrected chi connectivity index (χ1v) is 6.63. The van der Waals surface area contributed by atoms with Crippen LogP contribution in [0.1, 0.15) is 23.0 Å². The summed E-state index contributed by atoms with van der Waals surface area (Å²) in [7, 11) is 0. The van der Waals surface area contributed by atoms with Crippen molar-refractivity contribution in [3.63, 3.8) is 0 Å². The number of carbonyl (C=O) groups is 1. The highest BCUT2D eigenvalue weighted by Gasteiger charge is 2.23.